The first-order chi connectivity index (χ1) is 11.3. The van der Waals surface area contributed by atoms with Crippen molar-refractivity contribution < 1.29 is 14.2 Å². The fourth-order valence-electron chi connectivity index (χ4n) is 2.53. The monoisotopic (exact) mass is 315 g/mol. The summed E-state index contributed by atoms with van der Waals surface area (Å²) >= 11 is 0. The van der Waals surface area contributed by atoms with Gasteiger partial charge in [0.15, 0.2) is 11.5 Å². The molecule has 0 aliphatic rings. The molecule has 2 aromatic carbocycles. The number of benzene rings is 2. The lowest BCUT2D eigenvalue weighted by Gasteiger charge is -2.15. The highest BCUT2D eigenvalue weighted by molar-refractivity contribution is 5.46. The Hall–Kier alpha value is -2.20. The Bertz CT molecular complexity index is 613. The molecule has 4 nitrogen and oxygen atoms in total. The van der Waals surface area contributed by atoms with E-state index in [2.05, 4.69) is 17.4 Å². The quantitative estimate of drug-likeness (QED) is 0.720. The third kappa shape index (κ3) is 4.63. The van der Waals surface area contributed by atoms with Crippen LogP contribution in [0.3, 0.4) is 0 Å². The van der Waals surface area contributed by atoms with E-state index in [0.717, 1.165) is 42.3 Å². The fraction of sp³-hybridized carbons (Fsp3) is 0.368. The maximum atomic E-state index is 5.73. The first-order valence-corrected chi connectivity index (χ1v) is 7.91. The molecule has 124 valence electrons. The van der Waals surface area contributed by atoms with Gasteiger partial charge in [-0.05, 0) is 37.6 Å². The van der Waals surface area contributed by atoms with Gasteiger partial charge in [0.25, 0.3) is 0 Å². The summed E-state index contributed by atoms with van der Waals surface area (Å²) in [5.41, 5.74) is 2.31. The average Bonchev–Trinajstić information content (AvgIpc) is 2.60. The maximum Gasteiger partial charge on any atom is 0.165 e. The molecule has 0 bridgehead atoms. The third-order valence-electron chi connectivity index (χ3n) is 3.65. The minimum absolute atomic E-state index is 0.620. The standard InChI is InChI=1S/C19H25NO3/c1-4-23-19-16(9-7-11-18(19)22-3)14-20-13-12-15-8-5-6-10-17(15)21-2/h5-11,20H,4,12-14H2,1-3H3. The van der Waals surface area contributed by atoms with Crippen LogP contribution in [0.15, 0.2) is 42.5 Å². The topological polar surface area (TPSA) is 39.7 Å². The zero-order valence-corrected chi connectivity index (χ0v) is 14.1. The van der Waals surface area contributed by atoms with Crippen LogP contribution in [-0.4, -0.2) is 27.4 Å². The Morgan fingerprint density at radius 1 is 0.870 bits per heavy atom. The molecule has 4 heteroatoms. The number of methoxy groups -OCH3 is 2. The molecule has 23 heavy (non-hydrogen) atoms. The van der Waals surface area contributed by atoms with Crippen LogP contribution in [0.1, 0.15) is 18.1 Å². The Kier molecular flexibility index (Phi) is 6.76. The summed E-state index contributed by atoms with van der Waals surface area (Å²) in [6, 6.07) is 14.1. The van der Waals surface area contributed by atoms with E-state index in [0.29, 0.717) is 6.61 Å². The smallest absolute Gasteiger partial charge is 0.165 e. The highest BCUT2D eigenvalue weighted by atomic mass is 16.5. The molecule has 0 aliphatic heterocycles. The van der Waals surface area contributed by atoms with Crippen molar-refractivity contribution in [2.45, 2.75) is 19.9 Å². The van der Waals surface area contributed by atoms with Gasteiger partial charge in [-0.2, -0.15) is 0 Å². The molecule has 0 aromatic heterocycles. The molecule has 0 unspecified atom stereocenters. The van der Waals surface area contributed by atoms with Gasteiger partial charge in [0, 0.05) is 12.1 Å². The van der Waals surface area contributed by atoms with Gasteiger partial charge in [-0.25, -0.2) is 0 Å². The lowest BCUT2D eigenvalue weighted by molar-refractivity contribution is 0.307. The minimum Gasteiger partial charge on any atom is -0.496 e. The van der Waals surface area contributed by atoms with Crippen molar-refractivity contribution in [1.82, 2.24) is 5.32 Å². The molecule has 0 heterocycles. The molecule has 0 radical (unpaired) electrons. The van der Waals surface area contributed by atoms with Crippen molar-refractivity contribution in [3.8, 4) is 17.2 Å². The second-order valence-corrected chi connectivity index (χ2v) is 5.12. The third-order valence-corrected chi connectivity index (χ3v) is 3.65. The summed E-state index contributed by atoms with van der Waals surface area (Å²) in [5, 5.41) is 3.46. The first-order valence-electron chi connectivity index (χ1n) is 7.91. The Balaban J connectivity index is 1.94. The molecule has 1 N–H and O–H groups in total. The molecular formula is C19H25NO3. The molecule has 0 aliphatic carbocycles. The molecule has 2 rings (SSSR count). The normalized spacial score (nSPS) is 10.4. The summed E-state index contributed by atoms with van der Waals surface area (Å²) < 4.78 is 16.5. The van der Waals surface area contributed by atoms with Crippen LogP contribution >= 0.6 is 0 Å². The van der Waals surface area contributed by atoms with Crippen LogP contribution in [0.2, 0.25) is 0 Å². The van der Waals surface area contributed by atoms with E-state index in [9.17, 15) is 0 Å². The summed E-state index contributed by atoms with van der Waals surface area (Å²) in [6.07, 6.45) is 0.915. The fourth-order valence-corrected chi connectivity index (χ4v) is 2.53. The van der Waals surface area contributed by atoms with Crippen LogP contribution in [0.4, 0.5) is 0 Å². The van der Waals surface area contributed by atoms with E-state index in [1.165, 1.54) is 5.56 Å². The van der Waals surface area contributed by atoms with Crippen molar-refractivity contribution in [2.75, 3.05) is 27.4 Å². The van der Waals surface area contributed by atoms with Gasteiger partial charge in [0.05, 0.1) is 20.8 Å². The van der Waals surface area contributed by atoms with Crippen LogP contribution in [0.5, 0.6) is 17.2 Å². The van der Waals surface area contributed by atoms with E-state index in [4.69, 9.17) is 14.2 Å². The first kappa shape index (κ1) is 17.2. The number of nitrogens with one attached hydrogen (secondary N) is 1. The largest absolute Gasteiger partial charge is 0.496 e. The van der Waals surface area contributed by atoms with Crippen molar-refractivity contribution in [2.24, 2.45) is 0 Å². The number of hydrogen-bond donors (Lipinski definition) is 1. The Labute approximate surface area is 138 Å². The number of hydrogen-bond acceptors (Lipinski definition) is 4. The summed E-state index contributed by atoms with van der Waals surface area (Å²) in [5.74, 6) is 2.53. The second-order valence-electron chi connectivity index (χ2n) is 5.12. The highest BCUT2D eigenvalue weighted by Crippen LogP contribution is 2.31. The van der Waals surface area contributed by atoms with E-state index in [1.807, 2.05) is 37.3 Å². The van der Waals surface area contributed by atoms with E-state index < -0.39 is 0 Å². The van der Waals surface area contributed by atoms with Gasteiger partial charge in [-0.1, -0.05) is 30.3 Å². The number of ether oxygens (including phenoxy) is 3. The van der Waals surface area contributed by atoms with Gasteiger partial charge >= 0.3 is 0 Å². The predicted octanol–water partition coefficient (Wildman–Crippen LogP) is 3.43. The SMILES string of the molecule is CCOc1c(CNCCc2ccccc2OC)cccc1OC. The van der Waals surface area contributed by atoms with Gasteiger partial charge < -0.3 is 19.5 Å². The van der Waals surface area contributed by atoms with Gasteiger partial charge in [0.1, 0.15) is 5.75 Å². The minimum atomic E-state index is 0.620. The molecule has 0 saturated heterocycles. The molecular weight excluding hydrogens is 290 g/mol. The summed E-state index contributed by atoms with van der Waals surface area (Å²) in [7, 11) is 3.37. The van der Waals surface area contributed by atoms with E-state index >= 15 is 0 Å². The predicted molar refractivity (Wildman–Crippen MR) is 92.6 cm³/mol. The average molecular weight is 315 g/mol. The van der Waals surface area contributed by atoms with Crippen molar-refractivity contribution in [1.29, 1.82) is 0 Å². The van der Waals surface area contributed by atoms with Crippen molar-refractivity contribution in [3.63, 3.8) is 0 Å². The molecule has 0 fully saturated rings. The molecule has 0 saturated carbocycles. The zero-order chi connectivity index (χ0) is 16.5. The Morgan fingerprint density at radius 3 is 2.30 bits per heavy atom. The van der Waals surface area contributed by atoms with Crippen LogP contribution in [0, 0.1) is 0 Å². The number of para-hydroxylation sites is 2. The molecule has 0 amide bonds. The van der Waals surface area contributed by atoms with Gasteiger partial charge in [-0.3, -0.25) is 0 Å². The maximum absolute atomic E-state index is 5.73. The van der Waals surface area contributed by atoms with Crippen molar-refractivity contribution in [3.05, 3.63) is 53.6 Å². The molecule has 0 atom stereocenters. The summed E-state index contributed by atoms with van der Waals surface area (Å²) in [4.78, 5) is 0. The highest BCUT2D eigenvalue weighted by Gasteiger charge is 2.09. The number of rotatable bonds is 9. The molecule has 2 aromatic rings. The summed E-state index contributed by atoms with van der Waals surface area (Å²) in [6.45, 7) is 4.20. The lowest BCUT2D eigenvalue weighted by atomic mass is 10.1. The van der Waals surface area contributed by atoms with Crippen LogP contribution in [0.25, 0.3) is 0 Å². The Morgan fingerprint density at radius 2 is 1.57 bits per heavy atom. The van der Waals surface area contributed by atoms with E-state index in [1.54, 1.807) is 14.2 Å². The second kappa shape index (κ2) is 9.06. The van der Waals surface area contributed by atoms with Crippen LogP contribution < -0.4 is 19.5 Å². The van der Waals surface area contributed by atoms with Crippen LogP contribution in [-0.2, 0) is 13.0 Å². The van der Waals surface area contributed by atoms with Crippen molar-refractivity contribution >= 4 is 0 Å². The zero-order valence-electron chi connectivity index (χ0n) is 14.1. The van der Waals surface area contributed by atoms with E-state index in [-0.39, 0.29) is 0 Å². The van der Waals surface area contributed by atoms with Gasteiger partial charge in [0.2, 0.25) is 0 Å². The van der Waals surface area contributed by atoms with Gasteiger partial charge in [-0.15, -0.1) is 0 Å². The molecule has 0 spiro atoms. The lowest BCUT2D eigenvalue weighted by Crippen LogP contribution is -2.17.